The second-order valence-corrected chi connectivity index (χ2v) is 7.40. The number of anilines is 1. The number of carbonyl (C=O) groups is 1. The highest BCUT2D eigenvalue weighted by molar-refractivity contribution is 7.86. The maximum absolute atomic E-state index is 11.7. The Morgan fingerprint density at radius 3 is 2.17 bits per heavy atom. The van der Waals surface area contributed by atoms with E-state index in [1.807, 2.05) is 0 Å². The summed E-state index contributed by atoms with van der Waals surface area (Å²) in [5.74, 6) is -1.43. The summed E-state index contributed by atoms with van der Waals surface area (Å²) in [5, 5.41) is 11.5. The summed E-state index contributed by atoms with van der Waals surface area (Å²) < 4.78 is 64.4. The average molecular weight is 373 g/mol. The molecule has 0 fully saturated rings. The van der Waals surface area contributed by atoms with Crippen LogP contribution in [0.1, 0.15) is 0 Å². The molecule has 0 aliphatic rings. The highest BCUT2D eigenvalue weighted by Gasteiger charge is 2.24. The summed E-state index contributed by atoms with van der Waals surface area (Å²) in [4.78, 5) is 9.77. The van der Waals surface area contributed by atoms with E-state index in [1.54, 1.807) is 0 Å². The molecule has 2 rings (SSSR count). The van der Waals surface area contributed by atoms with E-state index < -0.39 is 47.1 Å². The Labute approximate surface area is 136 Å². The molecule has 1 amide bonds. The molecule has 0 aromatic heterocycles. The van der Waals surface area contributed by atoms with Crippen molar-refractivity contribution < 1.29 is 35.8 Å². The van der Waals surface area contributed by atoms with Gasteiger partial charge >= 0.3 is 0 Å². The fourth-order valence-electron chi connectivity index (χ4n) is 2.07. The lowest BCUT2D eigenvalue weighted by Crippen LogP contribution is -2.12. The number of carbonyl (C=O) groups excluding carboxylic acids is 1. The second kappa shape index (κ2) is 5.87. The van der Waals surface area contributed by atoms with E-state index in [4.69, 9.17) is 4.55 Å². The number of rotatable bonds is 4. The lowest BCUT2D eigenvalue weighted by atomic mass is 10.1. The van der Waals surface area contributed by atoms with Crippen LogP contribution in [-0.2, 0) is 25.0 Å². The van der Waals surface area contributed by atoms with Crippen LogP contribution in [0, 0.1) is 0 Å². The Bertz CT molecular complexity index is 1070. The molecule has 0 saturated heterocycles. The second-order valence-electron chi connectivity index (χ2n) is 4.62. The zero-order valence-electron chi connectivity index (χ0n) is 11.8. The van der Waals surface area contributed by atoms with E-state index >= 15 is 0 Å². The molecule has 0 atom stereocenters. The van der Waals surface area contributed by atoms with Gasteiger partial charge in [-0.2, -0.15) is 16.8 Å². The van der Waals surface area contributed by atoms with Crippen LogP contribution in [0.2, 0.25) is 0 Å². The van der Waals surface area contributed by atoms with Gasteiger partial charge in [0.25, 0.3) is 20.2 Å². The van der Waals surface area contributed by atoms with E-state index in [0.29, 0.717) is 6.07 Å². The van der Waals surface area contributed by atoms with Gasteiger partial charge in [-0.05, 0) is 24.3 Å². The van der Waals surface area contributed by atoms with Crippen molar-refractivity contribution in [3.63, 3.8) is 0 Å². The van der Waals surface area contributed by atoms with Crippen LogP contribution in [0.3, 0.4) is 0 Å². The molecule has 0 heterocycles. The van der Waals surface area contributed by atoms with Gasteiger partial charge in [0.2, 0.25) is 5.91 Å². The topological polar surface area (TPSA) is 158 Å². The predicted octanol–water partition coefficient (Wildman–Crippen LogP) is 1.16. The third kappa shape index (κ3) is 3.38. The number of aromatic hydroxyl groups is 1. The van der Waals surface area contributed by atoms with Crippen molar-refractivity contribution in [2.45, 2.75) is 9.79 Å². The van der Waals surface area contributed by atoms with Crippen molar-refractivity contribution in [1.29, 1.82) is 0 Å². The number of benzene rings is 2. The van der Waals surface area contributed by atoms with Crippen LogP contribution in [0.5, 0.6) is 5.75 Å². The zero-order chi connectivity index (χ0) is 18.3. The number of hydrogen-bond donors (Lipinski definition) is 4. The SMILES string of the molecule is C=CC(=O)Nc1ccc2c(O)cc(S(=O)(=O)O)cc2c1S(=O)(=O)O. The third-order valence-electron chi connectivity index (χ3n) is 3.04. The Morgan fingerprint density at radius 2 is 1.67 bits per heavy atom. The Morgan fingerprint density at radius 1 is 1.04 bits per heavy atom. The maximum Gasteiger partial charge on any atom is 0.297 e. The van der Waals surface area contributed by atoms with Crippen molar-refractivity contribution in [3.8, 4) is 5.75 Å². The van der Waals surface area contributed by atoms with E-state index in [0.717, 1.165) is 18.2 Å². The van der Waals surface area contributed by atoms with Gasteiger partial charge in [0, 0.05) is 16.8 Å². The maximum atomic E-state index is 11.7. The molecular formula is C13H11NO8S2. The molecule has 0 saturated carbocycles. The van der Waals surface area contributed by atoms with E-state index in [2.05, 4.69) is 11.9 Å². The highest BCUT2D eigenvalue weighted by Crippen LogP contribution is 2.36. The van der Waals surface area contributed by atoms with Crippen LogP contribution < -0.4 is 5.32 Å². The molecule has 0 bridgehead atoms. The first kappa shape index (κ1) is 17.9. The lowest BCUT2D eigenvalue weighted by Gasteiger charge is -2.13. The molecule has 24 heavy (non-hydrogen) atoms. The highest BCUT2D eigenvalue weighted by atomic mass is 32.2. The lowest BCUT2D eigenvalue weighted by molar-refractivity contribution is -0.111. The number of amides is 1. The number of nitrogens with one attached hydrogen (secondary N) is 1. The minimum Gasteiger partial charge on any atom is -0.507 e. The Hall–Kier alpha value is -2.47. The number of fused-ring (bicyclic) bond motifs is 1. The molecule has 0 radical (unpaired) electrons. The number of hydrogen-bond acceptors (Lipinski definition) is 6. The van der Waals surface area contributed by atoms with Crippen molar-refractivity contribution in [2.75, 3.05) is 5.32 Å². The summed E-state index contributed by atoms with van der Waals surface area (Å²) in [6, 6.07) is 3.76. The van der Waals surface area contributed by atoms with Crippen LogP contribution >= 0.6 is 0 Å². The quantitative estimate of drug-likeness (QED) is 0.459. The first-order valence-electron chi connectivity index (χ1n) is 6.13. The minimum absolute atomic E-state index is 0.119. The van der Waals surface area contributed by atoms with E-state index in [9.17, 15) is 31.3 Å². The monoisotopic (exact) mass is 373 g/mol. The molecule has 0 spiro atoms. The molecule has 2 aromatic rings. The van der Waals surface area contributed by atoms with Crippen LogP contribution in [0.4, 0.5) is 5.69 Å². The zero-order valence-corrected chi connectivity index (χ0v) is 13.4. The normalized spacial score (nSPS) is 12.1. The molecule has 4 N–H and O–H groups in total. The van der Waals surface area contributed by atoms with E-state index in [-0.39, 0.29) is 11.1 Å². The van der Waals surface area contributed by atoms with Gasteiger partial charge in [0.05, 0.1) is 10.6 Å². The van der Waals surface area contributed by atoms with Gasteiger partial charge in [-0.15, -0.1) is 0 Å². The van der Waals surface area contributed by atoms with Gasteiger partial charge in [0.1, 0.15) is 10.6 Å². The summed E-state index contributed by atoms with van der Waals surface area (Å²) in [6.07, 6.45) is 0.851. The van der Waals surface area contributed by atoms with Gasteiger partial charge in [-0.25, -0.2) is 0 Å². The average Bonchev–Trinajstić information content (AvgIpc) is 2.44. The Kier molecular flexibility index (Phi) is 4.37. The van der Waals surface area contributed by atoms with Crippen molar-refractivity contribution in [3.05, 3.63) is 36.9 Å². The number of phenols is 1. The van der Waals surface area contributed by atoms with Gasteiger partial charge in [0.15, 0.2) is 0 Å². The standard InChI is InChI=1S/C13H11NO8S2/c1-2-12(16)14-10-4-3-8-9(13(10)24(20,21)22)5-7(6-11(8)15)23(17,18)19/h2-6,15H,1H2,(H,14,16)(H,17,18,19)(H,20,21,22). The molecule has 11 heteroatoms. The van der Waals surface area contributed by atoms with Crippen molar-refractivity contribution in [2.24, 2.45) is 0 Å². The minimum atomic E-state index is -4.93. The van der Waals surface area contributed by atoms with Gasteiger partial charge < -0.3 is 10.4 Å². The largest absolute Gasteiger partial charge is 0.507 e. The summed E-state index contributed by atoms with van der Waals surface area (Å²) in [7, 11) is -9.69. The molecule has 9 nitrogen and oxygen atoms in total. The summed E-state index contributed by atoms with van der Waals surface area (Å²) in [5.41, 5.74) is -0.359. The Balaban J connectivity index is 2.98. The molecule has 2 aromatic carbocycles. The molecular weight excluding hydrogens is 362 g/mol. The smallest absolute Gasteiger partial charge is 0.297 e. The van der Waals surface area contributed by atoms with Crippen LogP contribution in [0.15, 0.2) is 46.7 Å². The first-order chi connectivity index (χ1) is 10.9. The molecule has 128 valence electrons. The fraction of sp³-hybridized carbons (Fsp3) is 0. The third-order valence-corrected chi connectivity index (χ3v) is 4.82. The fourth-order valence-corrected chi connectivity index (χ4v) is 3.44. The number of phenolic OH excluding ortho intramolecular Hbond substituents is 1. The van der Waals surface area contributed by atoms with Crippen molar-refractivity contribution in [1.82, 2.24) is 0 Å². The molecule has 0 aliphatic carbocycles. The van der Waals surface area contributed by atoms with Gasteiger partial charge in [-0.3, -0.25) is 13.9 Å². The predicted molar refractivity (Wildman–Crippen MR) is 84.1 cm³/mol. The van der Waals surface area contributed by atoms with Gasteiger partial charge in [-0.1, -0.05) is 6.58 Å². The first-order valence-corrected chi connectivity index (χ1v) is 9.01. The van der Waals surface area contributed by atoms with E-state index in [1.165, 1.54) is 6.07 Å². The summed E-state index contributed by atoms with van der Waals surface area (Å²) in [6.45, 7) is 3.20. The molecule has 0 unspecified atom stereocenters. The van der Waals surface area contributed by atoms with Crippen molar-refractivity contribution >= 4 is 42.6 Å². The summed E-state index contributed by atoms with van der Waals surface area (Å²) >= 11 is 0. The molecule has 0 aliphatic heterocycles. The van der Waals surface area contributed by atoms with Crippen LogP contribution in [0.25, 0.3) is 10.8 Å². The van der Waals surface area contributed by atoms with Crippen LogP contribution in [-0.4, -0.2) is 37.0 Å².